The highest BCUT2D eigenvalue weighted by atomic mass is 31.2. The van der Waals surface area contributed by atoms with Gasteiger partial charge in [-0.25, -0.2) is 4.57 Å². The van der Waals surface area contributed by atoms with Gasteiger partial charge in [-0.3, -0.25) is 18.9 Å². The third-order valence-electron chi connectivity index (χ3n) is 9.16. The van der Waals surface area contributed by atoms with E-state index in [1.165, 1.54) is 64.2 Å². The van der Waals surface area contributed by atoms with Gasteiger partial charge in [0.1, 0.15) is 6.61 Å². The fourth-order valence-electron chi connectivity index (χ4n) is 6.07. The van der Waals surface area contributed by atoms with Crippen LogP contribution in [0.4, 0.5) is 0 Å². The molecule has 4 atom stereocenters. The smallest absolute Gasteiger partial charge is 0.462 e. The number of unbranched alkanes of at least 4 members (excludes halogenated alkanes) is 16. The van der Waals surface area contributed by atoms with Crippen LogP contribution in [0.15, 0.2) is 36.5 Å². The summed E-state index contributed by atoms with van der Waals surface area (Å²) in [7, 11) is -4.80. The molecule has 0 amide bonds. The summed E-state index contributed by atoms with van der Waals surface area (Å²) in [6, 6.07) is 0. The van der Waals surface area contributed by atoms with Crippen LogP contribution < -0.4 is 0 Å². The Morgan fingerprint density at radius 2 is 1.35 bits per heavy atom. The van der Waals surface area contributed by atoms with E-state index in [0.29, 0.717) is 32.1 Å². The molecule has 0 spiro atoms. The minimum atomic E-state index is -4.80. The van der Waals surface area contributed by atoms with Gasteiger partial charge in [0, 0.05) is 18.8 Å². The quantitative estimate of drug-likeness (QED) is 0.0256. The minimum absolute atomic E-state index is 0.0298. The van der Waals surface area contributed by atoms with Gasteiger partial charge in [-0.1, -0.05) is 147 Å². The molecule has 0 fully saturated rings. The zero-order valence-corrected chi connectivity index (χ0v) is 32.5. The van der Waals surface area contributed by atoms with E-state index in [2.05, 4.69) is 18.4 Å². The van der Waals surface area contributed by atoms with Gasteiger partial charge in [-0.15, -0.1) is 0 Å². The lowest BCUT2D eigenvalue weighted by atomic mass is 9.90. The van der Waals surface area contributed by atoms with E-state index in [-0.39, 0.29) is 37.1 Å². The van der Waals surface area contributed by atoms with Gasteiger partial charge < -0.3 is 24.4 Å². The predicted molar refractivity (Wildman–Crippen MR) is 202 cm³/mol. The van der Waals surface area contributed by atoms with Gasteiger partial charge in [0.2, 0.25) is 0 Å². The molecule has 0 saturated carbocycles. The molecule has 0 bridgehead atoms. The topological polar surface area (TPSA) is 157 Å². The molecule has 0 aliphatic heterocycles. The van der Waals surface area contributed by atoms with E-state index in [1.807, 2.05) is 24.3 Å². The molecule has 0 heterocycles. The molecule has 0 radical (unpaired) electrons. The van der Waals surface area contributed by atoms with E-state index in [4.69, 9.17) is 19.3 Å². The Bertz CT molecular complexity index is 1070. The van der Waals surface area contributed by atoms with E-state index in [9.17, 15) is 24.1 Å². The van der Waals surface area contributed by atoms with Crippen molar-refractivity contribution < 1.29 is 47.8 Å². The van der Waals surface area contributed by atoms with Gasteiger partial charge in [-0.2, -0.15) is 0 Å². The second-order valence-corrected chi connectivity index (χ2v) is 15.2. The SMILES string of the molecule is CCCCCCCCCCCCCCCCC(=O)O[C@H](COC(=O)CCC/C=C\C[C@H]1C=CC(=O)[C@@H]1/C=C/[C@@H](O)CCCCC)COP(=O)(O)O. The Labute approximate surface area is 308 Å². The maximum atomic E-state index is 12.4. The van der Waals surface area contributed by atoms with Gasteiger partial charge in [-0.05, 0) is 44.1 Å². The third-order valence-corrected chi connectivity index (χ3v) is 9.64. The first-order valence-electron chi connectivity index (χ1n) is 19.8. The number of ether oxygens (including phenoxy) is 2. The van der Waals surface area contributed by atoms with Crippen LogP contribution in [0.3, 0.4) is 0 Å². The highest BCUT2D eigenvalue weighted by Crippen LogP contribution is 2.36. The fourth-order valence-corrected chi connectivity index (χ4v) is 6.43. The van der Waals surface area contributed by atoms with Crippen molar-refractivity contribution in [1.29, 1.82) is 0 Å². The van der Waals surface area contributed by atoms with Gasteiger partial charge in [0.25, 0.3) is 0 Å². The number of aliphatic hydroxyl groups is 1. The molecule has 0 aromatic carbocycles. The molecule has 51 heavy (non-hydrogen) atoms. The second-order valence-electron chi connectivity index (χ2n) is 13.9. The highest BCUT2D eigenvalue weighted by molar-refractivity contribution is 7.46. The third kappa shape index (κ3) is 27.2. The van der Waals surface area contributed by atoms with Gasteiger partial charge in [0.15, 0.2) is 11.9 Å². The second kappa shape index (κ2) is 30.4. The number of aliphatic hydroxyl groups excluding tert-OH is 1. The summed E-state index contributed by atoms with van der Waals surface area (Å²) in [4.78, 5) is 55.2. The van der Waals surface area contributed by atoms with Crippen molar-refractivity contribution in [2.24, 2.45) is 11.8 Å². The zero-order chi connectivity index (χ0) is 37.6. The normalized spacial score (nSPS) is 17.5. The molecule has 1 aliphatic carbocycles. The van der Waals surface area contributed by atoms with Crippen LogP contribution in [0.1, 0.15) is 162 Å². The number of hydrogen-bond acceptors (Lipinski definition) is 8. The van der Waals surface area contributed by atoms with E-state index in [0.717, 1.165) is 38.5 Å². The van der Waals surface area contributed by atoms with Crippen molar-refractivity contribution in [3.8, 4) is 0 Å². The standard InChI is InChI=1S/C40H69O10P/c1-3-5-7-8-9-10-11-12-13-14-15-16-17-23-27-40(44)50-36(33-49-51(45,46)47)32-48-39(43)26-22-19-18-21-24-34-28-31-38(42)37(34)30-29-35(41)25-20-6-4-2/h18,21,28-31,34-37,41H,3-17,19-20,22-27,32-33H2,1-2H3,(H2,45,46,47)/b21-18-,30-29+/t34-,35-,36+,37+/m0/s1. The zero-order valence-electron chi connectivity index (χ0n) is 31.6. The largest absolute Gasteiger partial charge is 0.469 e. The summed E-state index contributed by atoms with van der Waals surface area (Å²) in [6.07, 6.45) is 32.1. The summed E-state index contributed by atoms with van der Waals surface area (Å²) < 4.78 is 26.3. The number of ketones is 1. The van der Waals surface area contributed by atoms with E-state index < -0.39 is 38.6 Å². The first-order valence-corrected chi connectivity index (χ1v) is 21.4. The fraction of sp³-hybridized carbons (Fsp3) is 0.775. The van der Waals surface area contributed by atoms with Crippen molar-refractivity contribution in [2.75, 3.05) is 13.2 Å². The number of hydrogen-bond donors (Lipinski definition) is 3. The molecule has 10 nitrogen and oxygen atoms in total. The highest BCUT2D eigenvalue weighted by Gasteiger charge is 2.27. The van der Waals surface area contributed by atoms with E-state index in [1.54, 1.807) is 12.2 Å². The van der Waals surface area contributed by atoms with Crippen LogP contribution in [0.2, 0.25) is 0 Å². The Morgan fingerprint density at radius 3 is 1.96 bits per heavy atom. The lowest BCUT2D eigenvalue weighted by molar-refractivity contribution is -0.161. The van der Waals surface area contributed by atoms with Gasteiger partial charge >= 0.3 is 19.8 Å². The number of allylic oxidation sites excluding steroid dienone is 5. The minimum Gasteiger partial charge on any atom is -0.462 e. The predicted octanol–water partition coefficient (Wildman–Crippen LogP) is 9.41. The van der Waals surface area contributed by atoms with Crippen LogP contribution in [0.25, 0.3) is 0 Å². The first-order chi connectivity index (χ1) is 24.6. The average Bonchev–Trinajstić information content (AvgIpc) is 3.44. The van der Waals surface area contributed by atoms with Crippen LogP contribution in [0, 0.1) is 11.8 Å². The number of esters is 2. The summed E-state index contributed by atoms with van der Waals surface area (Å²) >= 11 is 0. The molecule has 0 aromatic heterocycles. The molecule has 0 aromatic rings. The summed E-state index contributed by atoms with van der Waals surface area (Å²) in [5.41, 5.74) is 0. The van der Waals surface area contributed by atoms with E-state index >= 15 is 0 Å². The van der Waals surface area contributed by atoms with Crippen molar-refractivity contribution in [1.82, 2.24) is 0 Å². The Kier molecular flexibility index (Phi) is 27.9. The van der Waals surface area contributed by atoms with Crippen LogP contribution in [-0.2, 0) is 32.9 Å². The summed E-state index contributed by atoms with van der Waals surface area (Å²) in [6.45, 7) is 3.41. The molecular formula is C40H69O10P. The maximum Gasteiger partial charge on any atom is 0.469 e. The van der Waals surface area contributed by atoms with Crippen molar-refractivity contribution in [3.63, 3.8) is 0 Å². The Balaban J connectivity index is 2.27. The number of carbonyl (C=O) groups excluding carboxylic acids is 3. The van der Waals surface area contributed by atoms with Crippen molar-refractivity contribution in [2.45, 2.75) is 174 Å². The molecule has 11 heteroatoms. The molecule has 1 rings (SSSR count). The number of carbonyl (C=O) groups is 3. The van der Waals surface area contributed by atoms with Crippen molar-refractivity contribution >= 4 is 25.5 Å². The number of phosphoric acid groups is 1. The molecule has 3 N–H and O–H groups in total. The lowest BCUT2D eigenvalue weighted by Gasteiger charge is -2.18. The average molecular weight is 741 g/mol. The van der Waals surface area contributed by atoms with Crippen molar-refractivity contribution in [3.05, 3.63) is 36.5 Å². The maximum absolute atomic E-state index is 12.4. The number of phosphoric ester groups is 1. The molecule has 1 aliphatic rings. The molecular weight excluding hydrogens is 671 g/mol. The Morgan fingerprint density at radius 1 is 0.784 bits per heavy atom. The molecule has 294 valence electrons. The number of rotatable bonds is 33. The molecule has 0 unspecified atom stereocenters. The summed E-state index contributed by atoms with van der Waals surface area (Å²) in [5, 5.41) is 10.2. The van der Waals surface area contributed by atoms with Crippen LogP contribution >= 0.6 is 7.82 Å². The summed E-state index contributed by atoms with van der Waals surface area (Å²) in [5.74, 6) is -1.24. The Hall–Kier alpha value is -2.10. The first kappa shape index (κ1) is 46.9. The molecule has 0 saturated heterocycles. The van der Waals surface area contributed by atoms with Crippen LogP contribution in [-0.4, -0.2) is 58.0 Å². The monoisotopic (exact) mass is 740 g/mol. The lowest BCUT2D eigenvalue weighted by Crippen LogP contribution is -2.29. The van der Waals surface area contributed by atoms with Crippen LogP contribution in [0.5, 0.6) is 0 Å². The van der Waals surface area contributed by atoms with Gasteiger partial charge in [0.05, 0.1) is 12.7 Å².